The summed E-state index contributed by atoms with van der Waals surface area (Å²) < 4.78 is 5.22. The first kappa shape index (κ1) is 18.8. The number of ether oxygens (including phenoxy) is 1. The number of nitrogens with zero attached hydrogens (tertiary/aromatic N) is 2. The predicted molar refractivity (Wildman–Crippen MR) is 112 cm³/mol. The van der Waals surface area contributed by atoms with Crippen molar-refractivity contribution in [2.24, 2.45) is 0 Å². The number of amides is 1. The first-order valence-corrected chi connectivity index (χ1v) is 11.0. The van der Waals surface area contributed by atoms with Gasteiger partial charge in [-0.2, -0.15) is 5.26 Å². The van der Waals surface area contributed by atoms with Crippen LogP contribution >= 0.6 is 23.1 Å². The molecule has 1 aliphatic carbocycles. The lowest BCUT2D eigenvalue weighted by Gasteiger charge is -2.09. The minimum absolute atomic E-state index is 0.0691. The minimum Gasteiger partial charge on any atom is -0.497 e. The number of thioether (sulfide) groups is 1. The molecule has 0 atom stereocenters. The molecule has 0 saturated carbocycles. The number of aromatic amines is 1. The molecule has 28 heavy (non-hydrogen) atoms. The van der Waals surface area contributed by atoms with Gasteiger partial charge in [-0.1, -0.05) is 11.8 Å². The molecule has 2 N–H and O–H groups in total. The molecular weight excluding hydrogens is 392 g/mol. The van der Waals surface area contributed by atoms with E-state index in [2.05, 4.69) is 21.4 Å². The second-order valence-corrected chi connectivity index (χ2v) is 8.79. The summed E-state index contributed by atoms with van der Waals surface area (Å²) in [5.74, 6) is 1.31. The normalized spacial score (nSPS) is 13.1. The maximum atomic E-state index is 12.4. The van der Waals surface area contributed by atoms with Gasteiger partial charge in [0.15, 0.2) is 5.16 Å². The van der Waals surface area contributed by atoms with Crippen molar-refractivity contribution in [3.63, 3.8) is 0 Å². The van der Waals surface area contributed by atoms with Crippen LogP contribution in [0.15, 0.2) is 23.4 Å². The maximum Gasteiger partial charge on any atom is 0.225 e. The number of H-pyrrole nitrogens is 1. The van der Waals surface area contributed by atoms with Gasteiger partial charge < -0.3 is 15.0 Å². The summed E-state index contributed by atoms with van der Waals surface area (Å²) in [7, 11) is 1.63. The van der Waals surface area contributed by atoms with Crippen LogP contribution in [-0.2, 0) is 17.6 Å². The molecule has 3 aromatic rings. The Kier molecular flexibility index (Phi) is 5.55. The molecule has 1 aromatic carbocycles. The van der Waals surface area contributed by atoms with Gasteiger partial charge in [0.25, 0.3) is 0 Å². The number of imidazole rings is 1. The number of nitriles is 1. The largest absolute Gasteiger partial charge is 0.497 e. The molecule has 2 heterocycles. The lowest BCUT2D eigenvalue weighted by Crippen LogP contribution is -2.12. The standard InChI is InChI=1S/C20H20N4O2S2/c1-26-12-6-7-15-16(10-12)23-20(22-15)27-9-8-18(25)24-19-14(11-21)13-4-2-3-5-17(13)28-19/h6-7,10H,2-5,8-9H2,1H3,(H,22,23)(H,24,25). The highest BCUT2D eigenvalue weighted by Gasteiger charge is 2.21. The lowest BCUT2D eigenvalue weighted by atomic mass is 9.96. The van der Waals surface area contributed by atoms with E-state index in [-0.39, 0.29) is 5.91 Å². The number of nitrogens with one attached hydrogen (secondary N) is 2. The van der Waals surface area contributed by atoms with Crippen molar-refractivity contribution in [2.75, 3.05) is 18.2 Å². The second kappa shape index (κ2) is 8.25. The van der Waals surface area contributed by atoms with E-state index in [1.165, 1.54) is 16.6 Å². The summed E-state index contributed by atoms with van der Waals surface area (Å²) in [4.78, 5) is 21.4. The summed E-state index contributed by atoms with van der Waals surface area (Å²) in [6, 6.07) is 7.96. The number of rotatable bonds is 6. The first-order valence-electron chi connectivity index (χ1n) is 9.19. The van der Waals surface area contributed by atoms with E-state index in [1.54, 1.807) is 18.4 Å². The maximum absolute atomic E-state index is 12.4. The van der Waals surface area contributed by atoms with Crippen molar-refractivity contribution in [1.29, 1.82) is 5.26 Å². The number of hydrogen-bond acceptors (Lipinski definition) is 6. The van der Waals surface area contributed by atoms with E-state index in [1.807, 2.05) is 18.2 Å². The number of hydrogen-bond donors (Lipinski definition) is 2. The predicted octanol–water partition coefficient (Wildman–Crippen LogP) is 4.50. The highest BCUT2D eigenvalue weighted by molar-refractivity contribution is 7.99. The molecule has 0 saturated heterocycles. The fourth-order valence-corrected chi connectivity index (χ4v) is 5.44. The quantitative estimate of drug-likeness (QED) is 0.582. The highest BCUT2D eigenvalue weighted by Crippen LogP contribution is 2.37. The Morgan fingerprint density at radius 3 is 3.11 bits per heavy atom. The number of thiophene rings is 1. The number of carbonyl (C=O) groups is 1. The van der Waals surface area contributed by atoms with Crippen molar-refractivity contribution < 1.29 is 9.53 Å². The Hall–Kier alpha value is -2.50. The number of carbonyl (C=O) groups excluding carboxylic acids is 1. The Balaban J connectivity index is 1.35. The molecule has 0 radical (unpaired) electrons. The van der Waals surface area contributed by atoms with Gasteiger partial charge in [-0.15, -0.1) is 11.3 Å². The summed E-state index contributed by atoms with van der Waals surface area (Å²) in [6.45, 7) is 0. The topological polar surface area (TPSA) is 90.8 Å². The van der Waals surface area contributed by atoms with Crippen LogP contribution in [0, 0.1) is 11.3 Å². The zero-order valence-electron chi connectivity index (χ0n) is 15.5. The summed E-state index contributed by atoms with van der Waals surface area (Å²) in [6.07, 6.45) is 4.59. The number of aryl methyl sites for hydroxylation is 1. The molecule has 0 aliphatic heterocycles. The van der Waals surface area contributed by atoms with Crippen molar-refractivity contribution in [1.82, 2.24) is 9.97 Å². The molecule has 8 heteroatoms. The van der Waals surface area contributed by atoms with Crippen molar-refractivity contribution in [3.05, 3.63) is 34.2 Å². The SMILES string of the molecule is COc1ccc2nc(SCCC(=O)Nc3sc4c(c3C#N)CCCC4)[nH]c2c1. The summed E-state index contributed by atoms with van der Waals surface area (Å²) >= 11 is 3.07. The number of methoxy groups -OCH3 is 1. The van der Waals surface area contributed by atoms with E-state index in [0.717, 1.165) is 53.2 Å². The average molecular weight is 413 g/mol. The lowest BCUT2D eigenvalue weighted by molar-refractivity contribution is -0.115. The van der Waals surface area contributed by atoms with Crippen LogP contribution in [0.4, 0.5) is 5.00 Å². The Labute approximate surface area is 171 Å². The molecule has 0 unspecified atom stereocenters. The monoisotopic (exact) mass is 412 g/mol. The van der Waals surface area contributed by atoms with Crippen LogP contribution in [0.1, 0.15) is 35.3 Å². The number of benzene rings is 1. The third kappa shape index (κ3) is 3.86. The number of anilines is 1. The minimum atomic E-state index is -0.0691. The van der Waals surface area contributed by atoms with E-state index in [0.29, 0.717) is 22.7 Å². The van der Waals surface area contributed by atoms with Gasteiger partial charge in [-0.3, -0.25) is 4.79 Å². The van der Waals surface area contributed by atoms with Gasteiger partial charge >= 0.3 is 0 Å². The van der Waals surface area contributed by atoms with Gasteiger partial charge in [0.05, 0.1) is 23.7 Å². The first-order chi connectivity index (χ1) is 13.7. The number of aromatic nitrogens is 2. The van der Waals surface area contributed by atoms with Crippen LogP contribution in [0.25, 0.3) is 11.0 Å². The molecule has 0 spiro atoms. The van der Waals surface area contributed by atoms with Crippen molar-refractivity contribution >= 4 is 45.0 Å². The molecule has 0 bridgehead atoms. The van der Waals surface area contributed by atoms with Crippen LogP contribution in [0.3, 0.4) is 0 Å². The fourth-order valence-electron chi connectivity index (χ4n) is 3.36. The molecule has 144 valence electrons. The third-order valence-corrected chi connectivity index (χ3v) is 6.85. The summed E-state index contributed by atoms with van der Waals surface area (Å²) in [5, 5.41) is 13.9. The Morgan fingerprint density at radius 2 is 2.29 bits per heavy atom. The van der Waals surface area contributed by atoms with Crippen LogP contribution in [-0.4, -0.2) is 28.7 Å². The molecule has 6 nitrogen and oxygen atoms in total. The second-order valence-electron chi connectivity index (χ2n) is 6.60. The van der Waals surface area contributed by atoms with Gasteiger partial charge in [-0.05, 0) is 43.4 Å². The fraction of sp³-hybridized carbons (Fsp3) is 0.350. The zero-order chi connectivity index (χ0) is 19.5. The van der Waals surface area contributed by atoms with Crippen LogP contribution in [0.5, 0.6) is 5.75 Å². The van der Waals surface area contributed by atoms with Crippen LogP contribution in [0.2, 0.25) is 0 Å². The van der Waals surface area contributed by atoms with Gasteiger partial charge in [-0.25, -0.2) is 4.98 Å². The molecular formula is C20H20N4O2S2. The zero-order valence-corrected chi connectivity index (χ0v) is 17.1. The third-order valence-electron chi connectivity index (χ3n) is 4.77. The van der Waals surface area contributed by atoms with Crippen molar-refractivity contribution in [2.45, 2.75) is 37.3 Å². The van der Waals surface area contributed by atoms with E-state index < -0.39 is 0 Å². The van der Waals surface area contributed by atoms with Crippen LogP contribution < -0.4 is 10.1 Å². The van der Waals surface area contributed by atoms with E-state index in [4.69, 9.17) is 4.74 Å². The average Bonchev–Trinajstić information content (AvgIpc) is 3.27. The highest BCUT2D eigenvalue weighted by atomic mass is 32.2. The van der Waals surface area contributed by atoms with E-state index >= 15 is 0 Å². The molecule has 1 amide bonds. The summed E-state index contributed by atoms with van der Waals surface area (Å²) in [5.41, 5.74) is 3.58. The smallest absolute Gasteiger partial charge is 0.225 e. The van der Waals surface area contributed by atoms with Gasteiger partial charge in [0, 0.05) is 23.1 Å². The molecule has 2 aromatic heterocycles. The molecule has 0 fully saturated rings. The number of fused-ring (bicyclic) bond motifs is 2. The van der Waals surface area contributed by atoms with E-state index in [9.17, 15) is 10.1 Å². The molecule has 1 aliphatic rings. The van der Waals surface area contributed by atoms with Crippen molar-refractivity contribution in [3.8, 4) is 11.8 Å². The Morgan fingerprint density at radius 1 is 1.43 bits per heavy atom. The van der Waals surface area contributed by atoms with Gasteiger partial charge in [0.2, 0.25) is 5.91 Å². The van der Waals surface area contributed by atoms with Gasteiger partial charge in [0.1, 0.15) is 16.8 Å². The molecule has 4 rings (SSSR count). The Bertz CT molecular complexity index is 1060.